The Balaban J connectivity index is 1.49. The van der Waals surface area contributed by atoms with Crippen LogP contribution in [0.5, 0.6) is 0 Å². The second-order valence-electron chi connectivity index (χ2n) is 6.58. The van der Waals surface area contributed by atoms with Crippen LogP contribution in [0.25, 0.3) is 0 Å². The maximum Gasteiger partial charge on any atom is 0.291 e. The van der Waals surface area contributed by atoms with Gasteiger partial charge in [0.05, 0.1) is 37.0 Å². The minimum Gasteiger partial charge on any atom is -0.438 e. The first kappa shape index (κ1) is 18.1. The number of hydrogen-bond acceptors (Lipinski definition) is 8. The molecule has 0 saturated carbocycles. The topological polar surface area (TPSA) is 98.0 Å². The third-order valence-electron chi connectivity index (χ3n) is 4.67. The second kappa shape index (κ2) is 7.02. The summed E-state index contributed by atoms with van der Waals surface area (Å²) in [5, 5.41) is 2.60. The molecule has 0 radical (unpaired) electrons. The molecular weight excluding hydrogens is 372 g/mol. The molecule has 0 N–H and O–H groups in total. The van der Waals surface area contributed by atoms with E-state index in [2.05, 4.69) is 9.97 Å². The molecule has 2 aromatic heterocycles. The van der Waals surface area contributed by atoms with Crippen molar-refractivity contribution in [2.45, 2.75) is 19.6 Å². The molecule has 4 rings (SSSR count). The molecule has 2 aliphatic rings. The molecule has 2 aliphatic heterocycles. The molecule has 0 aliphatic carbocycles. The van der Waals surface area contributed by atoms with Crippen LogP contribution in [0, 0.1) is 13.8 Å². The summed E-state index contributed by atoms with van der Waals surface area (Å²) in [7, 11) is 0. The van der Waals surface area contributed by atoms with Crippen molar-refractivity contribution in [1.82, 2.24) is 19.8 Å². The Kier molecular flexibility index (Phi) is 4.70. The molecule has 2 aromatic rings. The fourth-order valence-electron chi connectivity index (χ4n) is 3.32. The van der Waals surface area contributed by atoms with Gasteiger partial charge in [-0.05, 0) is 13.8 Å². The molecule has 2 saturated heterocycles. The number of aryl methyl sites for hydroxylation is 2. The summed E-state index contributed by atoms with van der Waals surface area (Å²) >= 11 is 1.44. The molecule has 27 heavy (non-hydrogen) atoms. The van der Waals surface area contributed by atoms with Gasteiger partial charge >= 0.3 is 0 Å². The smallest absolute Gasteiger partial charge is 0.291 e. The molecule has 144 valence electrons. The molecule has 0 bridgehead atoms. The lowest BCUT2D eigenvalue weighted by molar-refractivity contribution is -0.282. The van der Waals surface area contributed by atoms with Crippen LogP contribution in [-0.4, -0.2) is 76.8 Å². The summed E-state index contributed by atoms with van der Waals surface area (Å²) in [5.41, 5.74) is 0.969. The Morgan fingerprint density at radius 2 is 1.78 bits per heavy atom. The van der Waals surface area contributed by atoms with Gasteiger partial charge in [0.1, 0.15) is 5.69 Å². The number of morpholine rings is 2. The van der Waals surface area contributed by atoms with Gasteiger partial charge in [0.2, 0.25) is 11.5 Å². The molecule has 10 heteroatoms. The van der Waals surface area contributed by atoms with Crippen LogP contribution >= 0.6 is 11.3 Å². The number of rotatable bonds is 2. The number of ether oxygens (including phenoxy) is 2. The highest BCUT2D eigenvalue weighted by Gasteiger charge is 2.45. The molecule has 2 amide bonds. The van der Waals surface area contributed by atoms with Crippen molar-refractivity contribution >= 4 is 23.2 Å². The summed E-state index contributed by atoms with van der Waals surface area (Å²) in [4.78, 5) is 37.0. The zero-order valence-corrected chi connectivity index (χ0v) is 16.0. The predicted octanol–water partition coefficient (Wildman–Crippen LogP) is 1.09. The van der Waals surface area contributed by atoms with Crippen LogP contribution in [0.3, 0.4) is 0 Å². The lowest BCUT2D eigenvalue weighted by Crippen LogP contribution is -2.63. The van der Waals surface area contributed by atoms with Crippen LogP contribution in [-0.2, 0) is 9.47 Å². The van der Waals surface area contributed by atoms with Gasteiger partial charge in [0.25, 0.3) is 11.8 Å². The van der Waals surface area contributed by atoms with Crippen molar-refractivity contribution in [2.24, 2.45) is 0 Å². The second-order valence-corrected chi connectivity index (χ2v) is 7.64. The molecule has 9 nitrogen and oxygen atoms in total. The van der Waals surface area contributed by atoms with Crippen molar-refractivity contribution in [1.29, 1.82) is 0 Å². The van der Waals surface area contributed by atoms with Gasteiger partial charge in [-0.1, -0.05) is 0 Å². The maximum atomic E-state index is 12.7. The number of hydrogen-bond donors (Lipinski definition) is 0. The summed E-state index contributed by atoms with van der Waals surface area (Å²) < 4.78 is 17.0. The molecule has 1 unspecified atom stereocenters. The zero-order chi connectivity index (χ0) is 19.0. The van der Waals surface area contributed by atoms with Crippen LogP contribution in [0.15, 0.2) is 16.2 Å². The third-order valence-corrected chi connectivity index (χ3v) is 5.44. The average molecular weight is 392 g/mol. The molecule has 0 aromatic carbocycles. The molecular formula is C17H20N4O5S. The Morgan fingerprint density at radius 3 is 2.33 bits per heavy atom. The van der Waals surface area contributed by atoms with Crippen LogP contribution < -0.4 is 0 Å². The van der Waals surface area contributed by atoms with E-state index in [4.69, 9.17) is 13.9 Å². The van der Waals surface area contributed by atoms with Gasteiger partial charge in [-0.15, -0.1) is 11.3 Å². The lowest BCUT2D eigenvalue weighted by atomic mass is 10.1. The van der Waals surface area contributed by atoms with Crippen molar-refractivity contribution in [2.75, 3.05) is 39.4 Å². The summed E-state index contributed by atoms with van der Waals surface area (Å²) in [6.07, 6.45) is 1.26. The molecule has 1 spiro atoms. The van der Waals surface area contributed by atoms with Crippen LogP contribution in [0.1, 0.15) is 31.7 Å². The first-order valence-electron chi connectivity index (χ1n) is 8.66. The number of carbonyl (C=O) groups is 2. The van der Waals surface area contributed by atoms with E-state index in [-0.39, 0.29) is 30.7 Å². The summed E-state index contributed by atoms with van der Waals surface area (Å²) in [6.45, 7) is 5.56. The average Bonchev–Trinajstić information content (AvgIpc) is 3.29. The normalized spacial score (nSPS) is 23.0. The van der Waals surface area contributed by atoms with Gasteiger partial charge < -0.3 is 23.7 Å². The molecule has 1 atom stereocenters. The Bertz CT molecular complexity index is 861. The first-order chi connectivity index (χ1) is 13.0. The van der Waals surface area contributed by atoms with Gasteiger partial charge in [-0.25, -0.2) is 9.97 Å². The summed E-state index contributed by atoms with van der Waals surface area (Å²) in [5.74, 6) is -1.23. The van der Waals surface area contributed by atoms with Crippen LogP contribution in [0.2, 0.25) is 0 Å². The van der Waals surface area contributed by atoms with E-state index < -0.39 is 5.79 Å². The van der Waals surface area contributed by atoms with Crippen molar-refractivity contribution < 1.29 is 23.5 Å². The third kappa shape index (κ3) is 3.47. The minimum absolute atomic E-state index is 0.153. The zero-order valence-electron chi connectivity index (χ0n) is 15.1. The van der Waals surface area contributed by atoms with E-state index in [1.165, 1.54) is 17.7 Å². The van der Waals surface area contributed by atoms with E-state index in [1.807, 2.05) is 6.92 Å². The van der Waals surface area contributed by atoms with Gasteiger partial charge in [0.15, 0.2) is 6.39 Å². The van der Waals surface area contributed by atoms with Gasteiger partial charge in [-0.2, -0.15) is 0 Å². The van der Waals surface area contributed by atoms with E-state index in [1.54, 1.807) is 22.1 Å². The number of aromatic nitrogens is 2. The molecule has 4 heterocycles. The Hall–Kier alpha value is -2.30. The SMILES string of the molecule is Cc1nc(C(=O)N2CCOC3(C2)CN(C(=O)c2ocnc2C)CCO3)cs1. The van der Waals surface area contributed by atoms with Crippen LogP contribution in [0.4, 0.5) is 0 Å². The largest absolute Gasteiger partial charge is 0.438 e. The molecule has 2 fully saturated rings. The predicted molar refractivity (Wildman–Crippen MR) is 94.5 cm³/mol. The van der Waals surface area contributed by atoms with Gasteiger partial charge in [0, 0.05) is 18.5 Å². The number of thiazole rings is 1. The summed E-state index contributed by atoms with van der Waals surface area (Å²) in [6, 6.07) is 0. The maximum absolute atomic E-state index is 12.7. The fourth-order valence-corrected chi connectivity index (χ4v) is 3.91. The first-order valence-corrected chi connectivity index (χ1v) is 9.54. The van der Waals surface area contributed by atoms with Crippen molar-refractivity contribution in [3.8, 4) is 0 Å². The lowest BCUT2D eigenvalue weighted by Gasteiger charge is -2.47. The number of carbonyl (C=O) groups excluding carboxylic acids is 2. The minimum atomic E-state index is -1.04. The van der Waals surface area contributed by atoms with E-state index in [0.29, 0.717) is 37.7 Å². The highest BCUT2D eigenvalue weighted by atomic mass is 32.1. The number of oxazole rings is 1. The standard InChI is InChI=1S/C17H20N4O5S/c1-11-14(24-10-18-11)16(23)21-4-6-26-17(9-21)8-20(3-5-25-17)15(22)13-7-27-12(2)19-13/h7,10H,3-6,8-9H2,1-2H3. The van der Waals surface area contributed by atoms with Crippen molar-refractivity contribution in [3.05, 3.63) is 33.9 Å². The number of nitrogens with zero attached hydrogens (tertiary/aromatic N) is 4. The van der Waals surface area contributed by atoms with E-state index >= 15 is 0 Å². The Morgan fingerprint density at radius 1 is 1.11 bits per heavy atom. The van der Waals surface area contributed by atoms with Crippen molar-refractivity contribution in [3.63, 3.8) is 0 Å². The monoisotopic (exact) mass is 392 g/mol. The Labute approximate surface area is 159 Å². The van der Waals surface area contributed by atoms with E-state index in [0.717, 1.165) is 5.01 Å². The van der Waals surface area contributed by atoms with E-state index in [9.17, 15) is 9.59 Å². The highest BCUT2D eigenvalue weighted by Crippen LogP contribution is 2.27. The number of amides is 2. The highest BCUT2D eigenvalue weighted by molar-refractivity contribution is 7.09. The van der Waals surface area contributed by atoms with Gasteiger partial charge in [-0.3, -0.25) is 9.59 Å². The quantitative estimate of drug-likeness (QED) is 0.754. The fraction of sp³-hybridized carbons (Fsp3) is 0.529.